The van der Waals surface area contributed by atoms with Gasteiger partial charge < -0.3 is 19.7 Å². The molecule has 0 spiro atoms. The molecule has 27 heavy (non-hydrogen) atoms. The SMILES string of the molecule is CC(C)[C@H]1C(=O)N[C@H](CO[Si](C)(C)C(C)(C)C)Cc2ccc(O)cc2N1C. The Morgan fingerprint density at radius 3 is 2.52 bits per heavy atom. The van der Waals surface area contributed by atoms with Crippen molar-refractivity contribution in [1.82, 2.24) is 5.32 Å². The number of anilines is 1. The summed E-state index contributed by atoms with van der Waals surface area (Å²) in [7, 11) is 0.0311. The van der Waals surface area contributed by atoms with Crippen molar-refractivity contribution in [3.05, 3.63) is 23.8 Å². The Kier molecular flexibility index (Phi) is 6.32. The topological polar surface area (TPSA) is 61.8 Å². The molecule has 1 amide bonds. The van der Waals surface area contributed by atoms with Crippen molar-refractivity contribution in [3.63, 3.8) is 0 Å². The van der Waals surface area contributed by atoms with E-state index in [-0.39, 0.29) is 34.7 Å². The minimum atomic E-state index is -1.89. The first-order chi connectivity index (χ1) is 12.3. The van der Waals surface area contributed by atoms with Crippen molar-refractivity contribution >= 4 is 19.9 Å². The zero-order chi connectivity index (χ0) is 20.6. The Morgan fingerprint density at radius 1 is 1.33 bits per heavy atom. The van der Waals surface area contributed by atoms with Crippen molar-refractivity contribution in [3.8, 4) is 5.75 Å². The molecule has 1 aliphatic rings. The number of benzene rings is 1. The number of carbonyl (C=O) groups excluding carboxylic acids is 1. The van der Waals surface area contributed by atoms with E-state index in [1.54, 1.807) is 12.1 Å². The van der Waals surface area contributed by atoms with Gasteiger partial charge in [0.15, 0.2) is 8.32 Å². The monoisotopic (exact) mass is 392 g/mol. The van der Waals surface area contributed by atoms with E-state index in [1.165, 1.54) is 0 Å². The smallest absolute Gasteiger partial charge is 0.243 e. The number of hydrogen-bond donors (Lipinski definition) is 2. The van der Waals surface area contributed by atoms with E-state index in [0.29, 0.717) is 13.0 Å². The van der Waals surface area contributed by atoms with Crippen molar-refractivity contribution in [1.29, 1.82) is 0 Å². The summed E-state index contributed by atoms with van der Waals surface area (Å²) in [5.74, 6) is 0.383. The highest BCUT2D eigenvalue weighted by molar-refractivity contribution is 6.74. The fraction of sp³-hybridized carbons (Fsp3) is 0.667. The maximum Gasteiger partial charge on any atom is 0.243 e. The van der Waals surface area contributed by atoms with Gasteiger partial charge >= 0.3 is 0 Å². The van der Waals surface area contributed by atoms with Crippen LogP contribution in [0, 0.1) is 5.92 Å². The van der Waals surface area contributed by atoms with E-state index in [1.807, 2.05) is 31.9 Å². The molecule has 0 aromatic heterocycles. The standard InChI is InChI=1S/C21H36N2O3Si/c1-14(2)19-20(25)22-16(13-26-27(7,8)21(3,4)5)11-15-9-10-17(24)12-18(15)23(19)6/h9-10,12,14,16,19,24H,11,13H2,1-8H3,(H,22,25)/t16-,19-/m0/s1. The third-order valence-corrected chi connectivity index (χ3v) is 10.5. The predicted molar refractivity (Wildman–Crippen MR) is 114 cm³/mol. The lowest BCUT2D eigenvalue weighted by atomic mass is 9.95. The number of fused-ring (bicyclic) bond motifs is 1. The largest absolute Gasteiger partial charge is 0.508 e. The zero-order valence-corrected chi connectivity index (χ0v) is 19.1. The van der Waals surface area contributed by atoms with Gasteiger partial charge in [0.2, 0.25) is 5.91 Å². The van der Waals surface area contributed by atoms with Crippen LogP contribution in [0.5, 0.6) is 5.75 Å². The summed E-state index contributed by atoms with van der Waals surface area (Å²) >= 11 is 0. The van der Waals surface area contributed by atoms with E-state index >= 15 is 0 Å². The van der Waals surface area contributed by atoms with Gasteiger partial charge in [-0.15, -0.1) is 0 Å². The second-order valence-electron chi connectivity index (χ2n) is 9.59. The average molecular weight is 393 g/mol. The number of phenols is 1. The molecular weight excluding hydrogens is 356 g/mol. The normalized spacial score (nSPS) is 21.5. The first kappa shape index (κ1) is 21.8. The minimum Gasteiger partial charge on any atom is -0.508 e. The van der Waals surface area contributed by atoms with Gasteiger partial charge in [-0.2, -0.15) is 0 Å². The predicted octanol–water partition coefficient (Wildman–Crippen LogP) is 3.92. The number of carbonyl (C=O) groups is 1. The lowest BCUT2D eigenvalue weighted by Crippen LogP contribution is -2.55. The molecule has 1 aliphatic heterocycles. The number of nitrogens with zero attached hydrogens (tertiary/aromatic N) is 1. The molecule has 1 aromatic rings. The van der Waals surface area contributed by atoms with Gasteiger partial charge in [0.05, 0.1) is 12.6 Å². The average Bonchev–Trinajstić information content (AvgIpc) is 2.51. The summed E-state index contributed by atoms with van der Waals surface area (Å²) in [4.78, 5) is 15.0. The van der Waals surface area contributed by atoms with Crippen molar-refractivity contribution in [2.24, 2.45) is 5.92 Å². The molecule has 2 N–H and O–H groups in total. The molecule has 0 saturated carbocycles. The van der Waals surface area contributed by atoms with E-state index in [0.717, 1.165) is 11.3 Å². The van der Waals surface area contributed by atoms with E-state index in [9.17, 15) is 9.90 Å². The van der Waals surface area contributed by atoms with Crippen LogP contribution in [0.4, 0.5) is 5.69 Å². The van der Waals surface area contributed by atoms with Crippen LogP contribution in [-0.4, -0.2) is 45.1 Å². The van der Waals surface area contributed by atoms with Crippen LogP contribution in [0.2, 0.25) is 18.1 Å². The first-order valence-electron chi connectivity index (χ1n) is 9.82. The maximum atomic E-state index is 13.0. The van der Waals surface area contributed by atoms with E-state index in [4.69, 9.17) is 4.43 Å². The Morgan fingerprint density at radius 2 is 1.96 bits per heavy atom. The molecule has 6 heteroatoms. The van der Waals surface area contributed by atoms with Gasteiger partial charge in [-0.1, -0.05) is 40.7 Å². The highest BCUT2D eigenvalue weighted by atomic mass is 28.4. The van der Waals surface area contributed by atoms with Crippen LogP contribution in [0.25, 0.3) is 0 Å². The lowest BCUT2D eigenvalue weighted by molar-refractivity contribution is -0.124. The molecule has 2 atom stereocenters. The van der Waals surface area contributed by atoms with Gasteiger partial charge in [-0.05, 0) is 42.1 Å². The van der Waals surface area contributed by atoms with Crippen LogP contribution < -0.4 is 10.2 Å². The third-order valence-electron chi connectivity index (χ3n) is 6.03. The Balaban J connectivity index is 2.33. The molecule has 0 fully saturated rings. The first-order valence-corrected chi connectivity index (χ1v) is 12.7. The molecular formula is C21H36N2O3Si. The molecule has 2 rings (SSSR count). The summed E-state index contributed by atoms with van der Waals surface area (Å²) in [5, 5.41) is 13.3. The highest BCUT2D eigenvalue weighted by Gasteiger charge is 2.38. The number of aromatic hydroxyl groups is 1. The van der Waals surface area contributed by atoms with Crippen LogP contribution in [-0.2, 0) is 15.6 Å². The quantitative estimate of drug-likeness (QED) is 0.763. The van der Waals surface area contributed by atoms with E-state index in [2.05, 4.69) is 39.2 Å². The van der Waals surface area contributed by atoms with E-state index < -0.39 is 8.32 Å². The Bertz CT molecular complexity index is 682. The highest BCUT2D eigenvalue weighted by Crippen LogP contribution is 2.37. The van der Waals surface area contributed by atoms with Gasteiger partial charge in [-0.25, -0.2) is 0 Å². The number of nitrogens with one attached hydrogen (secondary N) is 1. The summed E-state index contributed by atoms with van der Waals surface area (Å²) in [6.45, 7) is 15.7. The zero-order valence-electron chi connectivity index (χ0n) is 18.1. The fourth-order valence-electron chi connectivity index (χ4n) is 3.36. The number of hydrogen-bond acceptors (Lipinski definition) is 4. The van der Waals surface area contributed by atoms with Gasteiger partial charge in [0.25, 0.3) is 0 Å². The molecule has 0 unspecified atom stereocenters. The fourth-order valence-corrected chi connectivity index (χ4v) is 4.41. The summed E-state index contributed by atoms with van der Waals surface area (Å²) < 4.78 is 6.40. The number of likely N-dealkylation sites (N-methyl/N-ethyl adjacent to an activating group) is 1. The Labute approximate surface area is 165 Å². The Hall–Kier alpha value is -1.53. The second-order valence-corrected chi connectivity index (χ2v) is 14.4. The summed E-state index contributed by atoms with van der Waals surface area (Å²) in [5.41, 5.74) is 2.03. The van der Waals surface area contributed by atoms with Crippen molar-refractivity contribution < 1.29 is 14.3 Å². The molecule has 1 heterocycles. The molecule has 5 nitrogen and oxygen atoms in total. The van der Waals surface area contributed by atoms with Crippen LogP contribution in [0.15, 0.2) is 18.2 Å². The maximum absolute atomic E-state index is 13.0. The second kappa shape index (κ2) is 7.84. The molecule has 152 valence electrons. The summed E-state index contributed by atoms with van der Waals surface area (Å²) in [6, 6.07) is 5.06. The molecule has 0 radical (unpaired) electrons. The number of rotatable bonds is 4. The molecule has 0 aliphatic carbocycles. The molecule has 1 aromatic carbocycles. The third kappa shape index (κ3) is 4.85. The van der Waals surface area contributed by atoms with Crippen LogP contribution >= 0.6 is 0 Å². The number of amides is 1. The minimum absolute atomic E-state index is 0.0188. The van der Waals surface area contributed by atoms with Crippen molar-refractivity contribution in [2.45, 2.75) is 71.3 Å². The van der Waals surface area contributed by atoms with Gasteiger partial charge in [0, 0.05) is 18.8 Å². The van der Waals surface area contributed by atoms with Gasteiger partial charge in [0.1, 0.15) is 11.8 Å². The molecule has 0 bridgehead atoms. The van der Waals surface area contributed by atoms with Crippen molar-refractivity contribution in [2.75, 3.05) is 18.6 Å². The van der Waals surface area contributed by atoms with Crippen LogP contribution in [0.1, 0.15) is 40.2 Å². The van der Waals surface area contributed by atoms with Crippen LogP contribution in [0.3, 0.4) is 0 Å². The molecule has 0 saturated heterocycles. The lowest BCUT2D eigenvalue weighted by Gasteiger charge is -2.40. The number of phenolic OH excluding ortho intramolecular Hbond substituents is 1. The summed E-state index contributed by atoms with van der Waals surface area (Å²) in [6.07, 6.45) is 0.686. The van der Waals surface area contributed by atoms with Gasteiger partial charge in [-0.3, -0.25) is 4.79 Å².